The van der Waals surface area contributed by atoms with Crippen LogP contribution in [-0.2, 0) is 6.54 Å². The number of H-pyrrole nitrogens is 1. The van der Waals surface area contributed by atoms with Gasteiger partial charge in [-0.05, 0) is 37.7 Å². The van der Waals surface area contributed by atoms with Crippen molar-refractivity contribution in [1.29, 1.82) is 0 Å². The zero-order chi connectivity index (χ0) is 13.2. The minimum Gasteiger partial charge on any atom is -0.486 e. The third kappa shape index (κ3) is 2.29. The Bertz CT molecular complexity index is 592. The standard InChI is InChI=1S/C14H17N3O2/c1-9-5-13-14(19-4-3-18-13)7-11(9)12-6-10(8-15-2)16-17-12/h5-7,15H,3-4,8H2,1-2H3,(H,16,17). The van der Waals surface area contributed by atoms with Crippen molar-refractivity contribution in [3.63, 3.8) is 0 Å². The molecule has 100 valence electrons. The van der Waals surface area contributed by atoms with Gasteiger partial charge in [0, 0.05) is 17.8 Å². The minimum atomic E-state index is 0.598. The monoisotopic (exact) mass is 259 g/mol. The Kier molecular flexibility index (Phi) is 3.13. The molecule has 0 fully saturated rings. The maximum atomic E-state index is 5.62. The van der Waals surface area contributed by atoms with E-state index < -0.39 is 0 Å². The number of hydrogen-bond donors (Lipinski definition) is 2. The fraction of sp³-hybridized carbons (Fsp3) is 0.357. The predicted octanol–water partition coefficient (Wildman–Crippen LogP) is 1.88. The summed E-state index contributed by atoms with van der Waals surface area (Å²) in [4.78, 5) is 0. The molecule has 3 rings (SSSR count). The molecule has 0 spiro atoms. The molecule has 1 aromatic heterocycles. The highest BCUT2D eigenvalue weighted by molar-refractivity contribution is 5.68. The van der Waals surface area contributed by atoms with Crippen molar-refractivity contribution < 1.29 is 9.47 Å². The van der Waals surface area contributed by atoms with Crippen LogP contribution in [0.15, 0.2) is 18.2 Å². The van der Waals surface area contributed by atoms with Gasteiger partial charge < -0.3 is 14.8 Å². The van der Waals surface area contributed by atoms with Gasteiger partial charge in [-0.15, -0.1) is 0 Å². The van der Waals surface area contributed by atoms with Crippen LogP contribution in [-0.4, -0.2) is 30.5 Å². The lowest BCUT2D eigenvalue weighted by Gasteiger charge is -2.19. The van der Waals surface area contributed by atoms with Crippen molar-refractivity contribution in [1.82, 2.24) is 15.5 Å². The Hall–Kier alpha value is -2.01. The van der Waals surface area contributed by atoms with Gasteiger partial charge in [0.2, 0.25) is 0 Å². The Labute approximate surface area is 111 Å². The van der Waals surface area contributed by atoms with Crippen LogP contribution in [0.5, 0.6) is 11.5 Å². The van der Waals surface area contributed by atoms with Crippen molar-refractivity contribution in [2.24, 2.45) is 0 Å². The van der Waals surface area contributed by atoms with Crippen LogP contribution in [0.2, 0.25) is 0 Å². The van der Waals surface area contributed by atoms with E-state index in [4.69, 9.17) is 9.47 Å². The molecule has 0 aliphatic carbocycles. The summed E-state index contributed by atoms with van der Waals surface area (Å²) in [5.74, 6) is 1.61. The molecule has 5 heteroatoms. The number of nitrogens with one attached hydrogen (secondary N) is 2. The maximum absolute atomic E-state index is 5.62. The molecule has 0 bridgehead atoms. The van der Waals surface area contributed by atoms with E-state index in [0.29, 0.717) is 13.2 Å². The van der Waals surface area contributed by atoms with Gasteiger partial charge in [0.25, 0.3) is 0 Å². The molecule has 1 aliphatic rings. The summed E-state index contributed by atoms with van der Waals surface area (Å²) in [6.45, 7) is 4.04. The predicted molar refractivity (Wildman–Crippen MR) is 72.5 cm³/mol. The normalized spacial score (nSPS) is 13.6. The molecule has 2 aromatic rings. The van der Waals surface area contributed by atoms with Crippen LogP contribution in [0.4, 0.5) is 0 Å². The SMILES string of the molecule is CNCc1cc(-c2cc3c(cc2C)OCCO3)n[nH]1. The number of nitrogens with zero attached hydrogens (tertiary/aromatic N) is 1. The molecule has 2 heterocycles. The first-order valence-corrected chi connectivity index (χ1v) is 6.37. The molecule has 0 saturated heterocycles. The van der Waals surface area contributed by atoms with Crippen LogP contribution >= 0.6 is 0 Å². The number of ether oxygens (including phenoxy) is 2. The van der Waals surface area contributed by atoms with Crippen LogP contribution < -0.4 is 14.8 Å². The summed E-state index contributed by atoms with van der Waals surface area (Å²) in [5, 5.41) is 10.5. The molecular formula is C14H17N3O2. The Morgan fingerprint density at radius 3 is 2.68 bits per heavy atom. The fourth-order valence-electron chi connectivity index (χ4n) is 2.25. The second-order valence-corrected chi connectivity index (χ2v) is 4.62. The van der Waals surface area contributed by atoms with Crippen molar-refractivity contribution in [2.45, 2.75) is 13.5 Å². The minimum absolute atomic E-state index is 0.598. The second kappa shape index (κ2) is 4.93. The van der Waals surface area contributed by atoms with E-state index in [9.17, 15) is 0 Å². The van der Waals surface area contributed by atoms with Crippen molar-refractivity contribution in [3.05, 3.63) is 29.5 Å². The highest BCUT2D eigenvalue weighted by atomic mass is 16.6. The van der Waals surface area contributed by atoms with E-state index >= 15 is 0 Å². The molecule has 19 heavy (non-hydrogen) atoms. The van der Waals surface area contributed by atoms with Gasteiger partial charge in [-0.3, -0.25) is 5.10 Å². The molecule has 0 atom stereocenters. The zero-order valence-electron chi connectivity index (χ0n) is 11.1. The van der Waals surface area contributed by atoms with Gasteiger partial charge in [-0.2, -0.15) is 5.10 Å². The van der Waals surface area contributed by atoms with E-state index in [1.165, 1.54) is 0 Å². The van der Waals surface area contributed by atoms with Gasteiger partial charge in [0.15, 0.2) is 11.5 Å². The van der Waals surface area contributed by atoms with Crippen molar-refractivity contribution in [3.8, 4) is 22.8 Å². The Morgan fingerprint density at radius 2 is 1.95 bits per heavy atom. The molecule has 5 nitrogen and oxygen atoms in total. The van der Waals surface area contributed by atoms with Gasteiger partial charge in [-0.1, -0.05) is 0 Å². The van der Waals surface area contributed by atoms with Gasteiger partial charge >= 0.3 is 0 Å². The number of aromatic amines is 1. The number of aromatic nitrogens is 2. The molecule has 0 radical (unpaired) electrons. The summed E-state index contributed by atoms with van der Waals surface area (Å²) >= 11 is 0. The Balaban J connectivity index is 1.99. The highest BCUT2D eigenvalue weighted by Crippen LogP contribution is 2.36. The van der Waals surface area contributed by atoms with Gasteiger partial charge in [0.1, 0.15) is 13.2 Å². The first-order chi connectivity index (χ1) is 9.28. The van der Waals surface area contributed by atoms with Crippen LogP contribution in [0.3, 0.4) is 0 Å². The molecule has 1 aliphatic heterocycles. The number of aryl methyl sites for hydroxylation is 1. The lowest BCUT2D eigenvalue weighted by Crippen LogP contribution is -2.15. The molecule has 2 N–H and O–H groups in total. The van der Waals surface area contributed by atoms with Gasteiger partial charge in [-0.25, -0.2) is 0 Å². The van der Waals surface area contributed by atoms with E-state index in [0.717, 1.165) is 40.6 Å². The third-order valence-electron chi connectivity index (χ3n) is 3.16. The van der Waals surface area contributed by atoms with Crippen molar-refractivity contribution in [2.75, 3.05) is 20.3 Å². The summed E-state index contributed by atoms with van der Waals surface area (Å²) < 4.78 is 11.2. The van der Waals surface area contributed by atoms with E-state index in [2.05, 4.69) is 28.5 Å². The van der Waals surface area contributed by atoms with Crippen molar-refractivity contribution >= 4 is 0 Å². The number of rotatable bonds is 3. The third-order valence-corrected chi connectivity index (χ3v) is 3.16. The maximum Gasteiger partial charge on any atom is 0.162 e. The zero-order valence-corrected chi connectivity index (χ0v) is 11.1. The average Bonchev–Trinajstić information content (AvgIpc) is 2.87. The molecular weight excluding hydrogens is 242 g/mol. The first-order valence-electron chi connectivity index (χ1n) is 6.37. The van der Waals surface area contributed by atoms with Crippen LogP contribution in [0, 0.1) is 6.92 Å². The molecule has 0 amide bonds. The molecule has 0 saturated carbocycles. The average molecular weight is 259 g/mol. The lowest BCUT2D eigenvalue weighted by molar-refractivity contribution is 0.171. The quantitative estimate of drug-likeness (QED) is 0.883. The topological polar surface area (TPSA) is 59.2 Å². The van der Waals surface area contributed by atoms with E-state index in [1.54, 1.807) is 0 Å². The van der Waals surface area contributed by atoms with Gasteiger partial charge in [0.05, 0.1) is 5.69 Å². The number of hydrogen-bond acceptors (Lipinski definition) is 4. The largest absolute Gasteiger partial charge is 0.486 e. The summed E-state index contributed by atoms with van der Waals surface area (Å²) in [6.07, 6.45) is 0. The second-order valence-electron chi connectivity index (χ2n) is 4.62. The highest BCUT2D eigenvalue weighted by Gasteiger charge is 2.16. The summed E-state index contributed by atoms with van der Waals surface area (Å²) in [6, 6.07) is 6.06. The van der Waals surface area contributed by atoms with Crippen LogP contribution in [0.1, 0.15) is 11.3 Å². The lowest BCUT2D eigenvalue weighted by atomic mass is 10.0. The first kappa shape index (κ1) is 12.0. The summed E-state index contributed by atoms with van der Waals surface area (Å²) in [7, 11) is 1.91. The number of fused-ring (bicyclic) bond motifs is 1. The van der Waals surface area contributed by atoms with E-state index in [-0.39, 0.29) is 0 Å². The number of benzene rings is 1. The van der Waals surface area contributed by atoms with E-state index in [1.807, 2.05) is 19.2 Å². The molecule has 1 aromatic carbocycles. The fourth-order valence-corrected chi connectivity index (χ4v) is 2.25. The Morgan fingerprint density at radius 1 is 1.21 bits per heavy atom. The molecule has 0 unspecified atom stereocenters. The smallest absolute Gasteiger partial charge is 0.162 e. The summed E-state index contributed by atoms with van der Waals surface area (Å²) in [5.41, 5.74) is 4.20. The van der Waals surface area contributed by atoms with Crippen LogP contribution in [0.25, 0.3) is 11.3 Å².